The molecule has 23 heavy (non-hydrogen) atoms. The van der Waals surface area contributed by atoms with Crippen LogP contribution in [0.2, 0.25) is 0 Å². The summed E-state index contributed by atoms with van der Waals surface area (Å²) in [6.45, 7) is 10.4. The second-order valence-electron chi connectivity index (χ2n) is 6.50. The number of hydrogen-bond donors (Lipinski definition) is 1. The summed E-state index contributed by atoms with van der Waals surface area (Å²) in [5, 5.41) is 3.20. The van der Waals surface area contributed by atoms with Crippen molar-refractivity contribution in [2.75, 3.05) is 0 Å². The number of carbonyl (C=O) groups is 1. The van der Waals surface area contributed by atoms with Crippen LogP contribution in [0.1, 0.15) is 52.8 Å². The molecule has 0 aliphatic rings. The zero-order chi connectivity index (χ0) is 17.0. The van der Waals surface area contributed by atoms with Crippen molar-refractivity contribution >= 4 is 5.91 Å². The van der Waals surface area contributed by atoms with E-state index < -0.39 is 0 Å². The van der Waals surface area contributed by atoms with Gasteiger partial charge in [0.05, 0.1) is 12.5 Å². The van der Waals surface area contributed by atoms with Gasteiger partial charge in [0.1, 0.15) is 0 Å². The van der Waals surface area contributed by atoms with E-state index in [1.165, 1.54) is 27.8 Å². The van der Waals surface area contributed by atoms with Crippen molar-refractivity contribution in [2.45, 2.75) is 53.5 Å². The molecule has 0 aliphatic heterocycles. The highest BCUT2D eigenvalue weighted by Gasteiger charge is 2.15. The van der Waals surface area contributed by atoms with Gasteiger partial charge in [-0.2, -0.15) is 0 Å². The van der Waals surface area contributed by atoms with Crippen LogP contribution in [0.5, 0.6) is 0 Å². The summed E-state index contributed by atoms with van der Waals surface area (Å²) in [7, 11) is 0. The van der Waals surface area contributed by atoms with Gasteiger partial charge in [0.25, 0.3) is 0 Å². The van der Waals surface area contributed by atoms with Crippen molar-refractivity contribution in [2.24, 2.45) is 0 Å². The van der Waals surface area contributed by atoms with Crippen molar-refractivity contribution in [1.82, 2.24) is 5.32 Å². The Bertz CT molecular complexity index is 703. The van der Waals surface area contributed by atoms with Gasteiger partial charge in [0, 0.05) is 0 Å². The van der Waals surface area contributed by atoms with Crippen molar-refractivity contribution < 1.29 is 4.79 Å². The molecule has 2 nitrogen and oxygen atoms in total. The summed E-state index contributed by atoms with van der Waals surface area (Å²) < 4.78 is 0. The van der Waals surface area contributed by atoms with Gasteiger partial charge in [0.2, 0.25) is 5.91 Å². The maximum absolute atomic E-state index is 12.5. The van der Waals surface area contributed by atoms with E-state index in [1.807, 2.05) is 0 Å². The third-order valence-electron chi connectivity index (χ3n) is 4.40. The molecular weight excluding hydrogens is 282 g/mol. The predicted octanol–water partition coefficient (Wildman–Crippen LogP) is 4.73. The summed E-state index contributed by atoms with van der Waals surface area (Å²) in [5.41, 5.74) is 7.18. The van der Waals surface area contributed by atoms with Gasteiger partial charge in [0.15, 0.2) is 0 Å². The van der Waals surface area contributed by atoms with E-state index in [0.717, 1.165) is 12.0 Å². The average Bonchev–Trinajstić information content (AvgIpc) is 2.49. The lowest BCUT2D eigenvalue weighted by Gasteiger charge is -2.20. The molecule has 1 N–H and O–H groups in total. The minimum atomic E-state index is 0.0771. The number of aryl methyl sites for hydroxylation is 4. The molecule has 0 heterocycles. The highest BCUT2D eigenvalue weighted by molar-refractivity contribution is 5.79. The van der Waals surface area contributed by atoms with Crippen LogP contribution in [0.25, 0.3) is 0 Å². The molecule has 2 aromatic carbocycles. The number of rotatable bonds is 5. The lowest BCUT2D eigenvalue weighted by molar-refractivity contribution is -0.121. The van der Waals surface area contributed by atoms with Crippen LogP contribution in [-0.2, 0) is 11.2 Å². The smallest absolute Gasteiger partial charge is 0.224 e. The standard InChI is InChI=1S/C21H27NO/c1-6-20(19-10-8-14(2)11-17(19)5)22-21(23)13-18-12-15(3)7-9-16(18)4/h7-12,20H,6,13H2,1-5H3,(H,22,23). The monoisotopic (exact) mass is 309 g/mol. The first-order chi connectivity index (χ1) is 10.9. The van der Waals surface area contributed by atoms with Crippen LogP contribution in [0.3, 0.4) is 0 Å². The summed E-state index contributed by atoms with van der Waals surface area (Å²) in [6.07, 6.45) is 1.33. The van der Waals surface area contributed by atoms with Crippen molar-refractivity contribution in [3.05, 3.63) is 69.8 Å². The number of amides is 1. The molecule has 0 bridgehead atoms. The minimum absolute atomic E-state index is 0.0771. The van der Waals surface area contributed by atoms with Crippen molar-refractivity contribution in [1.29, 1.82) is 0 Å². The van der Waals surface area contributed by atoms with Crippen LogP contribution < -0.4 is 5.32 Å². The third-order valence-corrected chi connectivity index (χ3v) is 4.40. The SMILES string of the molecule is CCC(NC(=O)Cc1cc(C)ccc1C)c1ccc(C)cc1C. The summed E-state index contributed by atoms with van der Waals surface area (Å²) in [5.74, 6) is 0.0884. The quantitative estimate of drug-likeness (QED) is 0.850. The number of benzene rings is 2. The topological polar surface area (TPSA) is 29.1 Å². The molecule has 0 saturated carbocycles. The Hall–Kier alpha value is -2.09. The number of carbonyl (C=O) groups excluding carboxylic acids is 1. The molecule has 1 atom stereocenters. The molecule has 0 spiro atoms. The molecule has 0 aromatic heterocycles. The molecule has 0 fully saturated rings. The van der Waals surface area contributed by atoms with E-state index in [9.17, 15) is 4.79 Å². The number of hydrogen-bond acceptors (Lipinski definition) is 1. The van der Waals surface area contributed by atoms with E-state index in [-0.39, 0.29) is 11.9 Å². The largest absolute Gasteiger partial charge is 0.349 e. The van der Waals surface area contributed by atoms with Crippen molar-refractivity contribution in [3.8, 4) is 0 Å². The maximum Gasteiger partial charge on any atom is 0.224 e. The molecule has 2 aromatic rings. The van der Waals surface area contributed by atoms with E-state index in [1.54, 1.807) is 0 Å². The molecule has 0 radical (unpaired) electrons. The lowest BCUT2D eigenvalue weighted by atomic mass is 9.97. The summed E-state index contributed by atoms with van der Waals surface area (Å²) in [6, 6.07) is 12.8. The van der Waals surface area contributed by atoms with Gasteiger partial charge in [-0.1, -0.05) is 54.4 Å². The average molecular weight is 309 g/mol. The Morgan fingerprint density at radius 1 is 0.957 bits per heavy atom. The molecular formula is C21H27NO. The van der Waals surface area contributed by atoms with E-state index in [2.05, 4.69) is 76.3 Å². The molecule has 0 saturated heterocycles. The normalized spacial score (nSPS) is 12.0. The second kappa shape index (κ2) is 7.45. The van der Waals surface area contributed by atoms with Gasteiger partial charge >= 0.3 is 0 Å². The Balaban J connectivity index is 2.12. The highest BCUT2D eigenvalue weighted by Crippen LogP contribution is 2.22. The van der Waals surface area contributed by atoms with E-state index in [4.69, 9.17) is 0 Å². The Morgan fingerprint density at radius 3 is 2.26 bits per heavy atom. The summed E-state index contributed by atoms with van der Waals surface area (Å²) in [4.78, 5) is 12.5. The van der Waals surface area contributed by atoms with E-state index in [0.29, 0.717) is 6.42 Å². The molecule has 1 amide bonds. The summed E-state index contributed by atoms with van der Waals surface area (Å²) >= 11 is 0. The molecule has 2 rings (SSSR count). The van der Waals surface area contributed by atoms with Crippen LogP contribution >= 0.6 is 0 Å². The fraction of sp³-hybridized carbons (Fsp3) is 0.381. The number of nitrogens with one attached hydrogen (secondary N) is 1. The molecule has 1 unspecified atom stereocenters. The Kier molecular flexibility index (Phi) is 5.59. The molecule has 2 heteroatoms. The first-order valence-corrected chi connectivity index (χ1v) is 8.33. The van der Waals surface area contributed by atoms with E-state index >= 15 is 0 Å². The zero-order valence-electron chi connectivity index (χ0n) is 14.9. The van der Waals surface area contributed by atoms with Crippen LogP contribution in [-0.4, -0.2) is 5.91 Å². The van der Waals surface area contributed by atoms with Crippen LogP contribution in [0.4, 0.5) is 0 Å². The predicted molar refractivity (Wildman–Crippen MR) is 96.7 cm³/mol. The maximum atomic E-state index is 12.5. The van der Waals surface area contributed by atoms with Gasteiger partial charge in [-0.15, -0.1) is 0 Å². The van der Waals surface area contributed by atoms with Crippen LogP contribution in [0, 0.1) is 27.7 Å². The molecule has 122 valence electrons. The Labute approximate surface area is 139 Å². The van der Waals surface area contributed by atoms with Gasteiger partial charge in [-0.3, -0.25) is 4.79 Å². The Morgan fingerprint density at radius 2 is 1.61 bits per heavy atom. The van der Waals surface area contributed by atoms with Crippen molar-refractivity contribution in [3.63, 3.8) is 0 Å². The highest BCUT2D eigenvalue weighted by atomic mass is 16.1. The van der Waals surface area contributed by atoms with Gasteiger partial charge in [-0.05, 0) is 56.4 Å². The molecule has 0 aliphatic carbocycles. The van der Waals surface area contributed by atoms with Gasteiger partial charge in [-0.25, -0.2) is 0 Å². The lowest BCUT2D eigenvalue weighted by Crippen LogP contribution is -2.30. The third kappa shape index (κ3) is 4.44. The fourth-order valence-corrected chi connectivity index (χ4v) is 3.03. The first kappa shape index (κ1) is 17.3. The minimum Gasteiger partial charge on any atom is -0.349 e. The zero-order valence-corrected chi connectivity index (χ0v) is 14.9. The van der Waals surface area contributed by atoms with Crippen LogP contribution in [0.15, 0.2) is 36.4 Å². The fourth-order valence-electron chi connectivity index (χ4n) is 3.03. The van der Waals surface area contributed by atoms with Gasteiger partial charge < -0.3 is 5.32 Å². The first-order valence-electron chi connectivity index (χ1n) is 8.33. The second-order valence-corrected chi connectivity index (χ2v) is 6.50.